The van der Waals surface area contributed by atoms with Gasteiger partial charge in [0, 0.05) is 5.39 Å². The Hall–Kier alpha value is -2.20. The number of rotatable bonds is 1. The Balaban J connectivity index is 1.85. The Bertz CT molecular complexity index is 711. The quantitative estimate of drug-likeness (QED) is 0.814. The molecule has 0 radical (unpaired) electrons. The van der Waals surface area contributed by atoms with Gasteiger partial charge in [-0.3, -0.25) is 9.59 Å². The van der Waals surface area contributed by atoms with Crippen LogP contribution in [-0.4, -0.2) is 24.4 Å². The van der Waals surface area contributed by atoms with Crippen LogP contribution in [0.4, 0.5) is 5.69 Å². The Labute approximate surface area is 122 Å². The minimum atomic E-state index is -0.342. The SMILES string of the molecule is O=C1C2CCCNC2C(=O)N1c1cccc2ccccc12. The number of nitrogens with one attached hydrogen (secondary N) is 1. The van der Waals surface area contributed by atoms with Gasteiger partial charge in [-0.05, 0) is 30.8 Å². The van der Waals surface area contributed by atoms with Gasteiger partial charge in [0.15, 0.2) is 0 Å². The van der Waals surface area contributed by atoms with Crippen LogP contribution in [0.25, 0.3) is 10.8 Å². The van der Waals surface area contributed by atoms with E-state index in [2.05, 4.69) is 5.32 Å². The number of hydrogen-bond donors (Lipinski definition) is 1. The normalized spacial score (nSPS) is 25.4. The smallest absolute Gasteiger partial charge is 0.251 e. The molecule has 2 fully saturated rings. The lowest BCUT2D eigenvalue weighted by atomic mass is 9.93. The summed E-state index contributed by atoms with van der Waals surface area (Å²) in [5, 5.41) is 5.18. The van der Waals surface area contributed by atoms with Crippen LogP contribution in [0.15, 0.2) is 42.5 Å². The van der Waals surface area contributed by atoms with Crippen molar-refractivity contribution in [1.82, 2.24) is 5.32 Å². The standard InChI is InChI=1S/C17H16N2O2/c20-16-13-8-4-10-18-15(13)17(21)19(16)14-9-3-6-11-5-1-2-7-12(11)14/h1-3,5-7,9,13,15,18H,4,8,10H2. The summed E-state index contributed by atoms with van der Waals surface area (Å²) in [7, 11) is 0. The summed E-state index contributed by atoms with van der Waals surface area (Å²) in [4.78, 5) is 26.7. The Morgan fingerprint density at radius 2 is 1.81 bits per heavy atom. The van der Waals surface area contributed by atoms with Crippen LogP contribution in [0.1, 0.15) is 12.8 Å². The predicted octanol–water partition coefficient (Wildman–Crippen LogP) is 2.08. The lowest BCUT2D eigenvalue weighted by Gasteiger charge is -2.21. The average molecular weight is 280 g/mol. The van der Waals surface area contributed by atoms with E-state index in [1.165, 1.54) is 4.90 Å². The molecule has 4 rings (SSSR count). The van der Waals surface area contributed by atoms with Crippen LogP contribution in [-0.2, 0) is 9.59 Å². The molecule has 2 unspecified atom stereocenters. The molecule has 0 spiro atoms. The second kappa shape index (κ2) is 4.67. The maximum atomic E-state index is 12.7. The summed E-state index contributed by atoms with van der Waals surface area (Å²) in [6.45, 7) is 0.809. The monoisotopic (exact) mass is 280 g/mol. The van der Waals surface area contributed by atoms with Crippen molar-refractivity contribution in [2.24, 2.45) is 5.92 Å². The second-order valence-corrected chi connectivity index (χ2v) is 5.69. The number of fused-ring (bicyclic) bond motifs is 2. The van der Waals surface area contributed by atoms with E-state index in [0.29, 0.717) is 5.69 Å². The predicted molar refractivity (Wildman–Crippen MR) is 81.0 cm³/mol. The highest BCUT2D eigenvalue weighted by Gasteiger charge is 2.49. The van der Waals surface area contributed by atoms with Gasteiger partial charge in [0.05, 0.1) is 17.6 Å². The number of carbonyl (C=O) groups is 2. The summed E-state index contributed by atoms with van der Waals surface area (Å²) in [5.74, 6) is -0.375. The number of hydrogen-bond acceptors (Lipinski definition) is 3. The molecule has 2 aliphatic heterocycles. The zero-order valence-corrected chi connectivity index (χ0v) is 11.6. The highest BCUT2D eigenvalue weighted by Crippen LogP contribution is 2.35. The first-order valence-corrected chi connectivity index (χ1v) is 7.36. The first kappa shape index (κ1) is 12.5. The largest absolute Gasteiger partial charge is 0.305 e. The number of piperidine rings is 1. The van der Waals surface area contributed by atoms with Crippen molar-refractivity contribution in [2.45, 2.75) is 18.9 Å². The minimum Gasteiger partial charge on any atom is -0.305 e. The highest BCUT2D eigenvalue weighted by molar-refractivity contribution is 6.26. The molecule has 0 bridgehead atoms. The van der Waals surface area contributed by atoms with Crippen LogP contribution in [0.2, 0.25) is 0 Å². The zero-order chi connectivity index (χ0) is 14.4. The molecule has 21 heavy (non-hydrogen) atoms. The van der Waals surface area contributed by atoms with E-state index in [1.807, 2.05) is 42.5 Å². The number of benzene rings is 2. The molecule has 2 amide bonds. The van der Waals surface area contributed by atoms with Crippen molar-refractivity contribution in [2.75, 3.05) is 11.4 Å². The summed E-state index contributed by atoms with van der Waals surface area (Å²) < 4.78 is 0. The van der Waals surface area contributed by atoms with Gasteiger partial charge in [-0.15, -0.1) is 0 Å². The van der Waals surface area contributed by atoms with Gasteiger partial charge in [-0.2, -0.15) is 0 Å². The molecular weight excluding hydrogens is 264 g/mol. The maximum Gasteiger partial charge on any atom is 0.251 e. The molecule has 2 atom stereocenters. The third kappa shape index (κ3) is 1.79. The van der Waals surface area contributed by atoms with Gasteiger partial charge in [0.25, 0.3) is 5.91 Å². The summed E-state index contributed by atoms with van der Waals surface area (Å²) in [6.07, 6.45) is 1.74. The van der Waals surface area contributed by atoms with Crippen molar-refractivity contribution in [3.05, 3.63) is 42.5 Å². The number of nitrogens with zero attached hydrogens (tertiary/aromatic N) is 1. The Morgan fingerprint density at radius 1 is 1.00 bits per heavy atom. The molecular formula is C17H16N2O2. The summed E-state index contributed by atoms with van der Waals surface area (Å²) in [5.41, 5.74) is 0.708. The molecule has 2 aliphatic rings. The highest BCUT2D eigenvalue weighted by atomic mass is 16.2. The summed E-state index contributed by atoms with van der Waals surface area (Å²) in [6, 6.07) is 13.3. The van der Waals surface area contributed by atoms with E-state index in [1.54, 1.807) is 0 Å². The van der Waals surface area contributed by atoms with Crippen LogP contribution < -0.4 is 10.2 Å². The van der Waals surface area contributed by atoms with Gasteiger partial charge >= 0.3 is 0 Å². The topological polar surface area (TPSA) is 49.4 Å². The molecule has 2 heterocycles. The molecule has 1 N–H and O–H groups in total. The minimum absolute atomic E-state index is 0.0615. The number of carbonyl (C=O) groups excluding carboxylic acids is 2. The van der Waals surface area contributed by atoms with E-state index < -0.39 is 0 Å². The number of anilines is 1. The summed E-state index contributed by atoms with van der Waals surface area (Å²) >= 11 is 0. The molecule has 2 aromatic rings. The molecule has 106 valence electrons. The van der Waals surface area contributed by atoms with Crippen molar-refractivity contribution in [3.63, 3.8) is 0 Å². The fourth-order valence-electron chi connectivity index (χ4n) is 3.47. The van der Waals surface area contributed by atoms with Gasteiger partial charge in [-0.1, -0.05) is 36.4 Å². The van der Waals surface area contributed by atoms with Crippen LogP contribution in [0, 0.1) is 5.92 Å². The van der Waals surface area contributed by atoms with Gasteiger partial charge < -0.3 is 5.32 Å². The Kier molecular flexibility index (Phi) is 2.79. The number of imide groups is 1. The third-order valence-electron chi connectivity index (χ3n) is 4.49. The van der Waals surface area contributed by atoms with Crippen LogP contribution in [0.5, 0.6) is 0 Å². The third-order valence-corrected chi connectivity index (χ3v) is 4.49. The molecule has 2 saturated heterocycles. The van der Waals surface area contributed by atoms with E-state index >= 15 is 0 Å². The number of amides is 2. The van der Waals surface area contributed by atoms with Crippen molar-refractivity contribution >= 4 is 28.3 Å². The van der Waals surface area contributed by atoms with Crippen molar-refractivity contribution in [3.8, 4) is 0 Å². The van der Waals surface area contributed by atoms with Crippen molar-refractivity contribution in [1.29, 1.82) is 0 Å². The van der Waals surface area contributed by atoms with Gasteiger partial charge in [-0.25, -0.2) is 4.90 Å². The first-order valence-electron chi connectivity index (χ1n) is 7.36. The van der Waals surface area contributed by atoms with E-state index in [-0.39, 0.29) is 23.8 Å². The fourth-order valence-corrected chi connectivity index (χ4v) is 3.47. The zero-order valence-electron chi connectivity index (χ0n) is 11.6. The van der Waals surface area contributed by atoms with Crippen LogP contribution in [0.3, 0.4) is 0 Å². The van der Waals surface area contributed by atoms with Crippen molar-refractivity contribution < 1.29 is 9.59 Å². The maximum absolute atomic E-state index is 12.7. The lowest BCUT2D eigenvalue weighted by molar-refractivity contribution is -0.122. The molecule has 0 aromatic heterocycles. The molecule has 4 heteroatoms. The fraction of sp³-hybridized carbons (Fsp3) is 0.294. The van der Waals surface area contributed by atoms with Crippen LogP contribution >= 0.6 is 0 Å². The van der Waals surface area contributed by atoms with E-state index in [4.69, 9.17) is 0 Å². The first-order chi connectivity index (χ1) is 10.3. The lowest BCUT2D eigenvalue weighted by Crippen LogP contribution is -2.44. The Morgan fingerprint density at radius 3 is 2.67 bits per heavy atom. The average Bonchev–Trinajstić information content (AvgIpc) is 2.79. The second-order valence-electron chi connectivity index (χ2n) is 5.69. The van der Waals surface area contributed by atoms with E-state index in [0.717, 1.165) is 30.2 Å². The molecule has 0 saturated carbocycles. The van der Waals surface area contributed by atoms with E-state index in [9.17, 15) is 9.59 Å². The molecule has 0 aliphatic carbocycles. The van der Waals surface area contributed by atoms with Gasteiger partial charge in [0.2, 0.25) is 5.91 Å². The van der Waals surface area contributed by atoms with Gasteiger partial charge in [0.1, 0.15) is 0 Å². The molecule has 2 aromatic carbocycles. The molecule has 4 nitrogen and oxygen atoms in total.